The fraction of sp³-hybridized carbons (Fsp3) is 0.600. The Labute approximate surface area is 74.2 Å². The molecule has 3 atom stereocenters. The molecule has 0 aliphatic carbocycles. The molecule has 0 aliphatic heterocycles. The van der Waals surface area contributed by atoms with Gasteiger partial charge in [-0.2, -0.15) is 0 Å². The minimum Gasteiger partial charge on any atom is -0.396 e. The van der Waals surface area contributed by atoms with E-state index in [2.05, 4.69) is 6.58 Å². The van der Waals surface area contributed by atoms with Crippen LogP contribution in [0.3, 0.4) is 0 Å². The molecule has 0 aliphatic rings. The number of aliphatic hydroxyl groups excluding tert-OH is 2. The molecule has 70 valence electrons. The zero-order valence-electron chi connectivity index (χ0n) is 7.77. The maximum Gasteiger partial charge on any atom is 0.0778 e. The molecule has 2 heteroatoms. The predicted octanol–water partition coefficient (Wildman–Crippen LogP) is 1.35. The third-order valence-electron chi connectivity index (χ3n) is 1.81. The van der Waals surface area contributed by atoms with Crippen molar-refractivity contribution < 1.29 is 10.2 Å². The fourth-order valence-corrected chi connectivity index (χ4v) is 0.754. The van der Waals surface area contributed by atoms with Crippen LogP contribution in [-0.4, -0.2) is 22.9 Å². The lowest BCUT2D eigenvalue weighted by atomic mass is 10.0. The first-order valence-corrected chi connectivity index (χ1v) is 4.21. The van der Waals surface area contributed by atoms with Gasteiger partial charge >= 0.3 is 0 Å². The second kappa shape index (κ2) is 5.98. The van der Waals surface area contributed by atoms with Crippen molar-refractivity contribution >= 4 is 0 Å². The quantitative estimate of drug-likeness (QED) is 0.611. The highest BCUT2D eigenvalue weighted by Gasteiger charge is 2.06. The summed E-state index contributed by atoms with van der Waals surface area (Å²) in [6, 6.07) is 0. The van der Waals surface area contributed by atoms with Crippen molar-refractivity contribution in [3.05, 3.63) is 24.8 Å². The van der Waals surface area contributed by atoms with E-state index in [9.17, 15) is 5.11 Å². The van der Waals surface area contributed by atoms with Crippen LogP contribution in [-0.2, 0) is 0 Å². The van der Waals surface area contributed by atoms with Crippen LogP contribution in [0.2, 0.25) is 0 Å². The summed E-state index contributed by atoms with van der Waals surface area (Å²) in [5.41, 5.74) is 0. The Bertz CT molecular complexity index is 152. The van der Waals surface area contributed by atoms with Crippen LogP contribution in [0.1, 0.15) is 13.8 Å². The second-order valence-corrected chi connectivity index (χ2v) is 3.13. The summed E-state index contributed by atoms with van der Waals surface area (Å²) in [5, 5.41) is 18.0. The van der Waals surface area contributed by atoms with Crippen molar-refractivity contribution in [1.82, 2.24) is 0 Å². The first-order chi connectivity index (χ1) is 5.61. The minimum atomic E-state index is -0.493. The van der Waals surface area contributed by atoms with E-state index in [0.29, 0.717) is 0 Å². The molecule has 0 radical (unpaired) electrons. The molecule has 0 rings (SSSR count). The summed E-state index contributed by atoms with van der Waals surface area (Å²) in [6.07, 6.45) is 4.82. The molecule has 0 fully saturated rings. The highest BCUT2D eigenvalue weighted by Crippen LogP contribution is 2.07. The van der Waals surface area contributed by atoms with Crippen LogP contribution in [0, 0.1) is 11.8 Å². The molecule has 0 amide bonds. The molecular formula is C10H18O2. The van der Waals surface area contributed by atoms with Gasteiger partial charge in [0.1, 0.15) is 0 Å². The van der Waals surface area contributed by atoms with E-state index in [4.69, 9.17) is 5.11 Å². The number of hydrogen-bond donors (Lipinski definition) is 2. The summed E-state index contributed by atoms with van der Waals surface area (Å²) >= 11 is 0. The van der Waals surface area contributed by atoms with Gasteiger partial charge in [-0.15, -0.1) is 6.58 Å². The fourth-order valence-electron chi connectivity index (χ4n) is 0.754. The largest absolute Gasteiger partial charge is 0.396 e. The summed E-state index contributed by atoms with van der Waals surface area (Å²) < 4.78 is 0. The molecule has 12 heavy (non-hydrogen) atoms. The molecular weight excluding hydrogens is 152 g/mol. The van der Waals surface area contributed by atoms with E-state index in [-0.39, 0.29) is 18.4 Å². The molecule has 0 saturated carbocycles. The van der Waals surface area contributed by atoms with Gasteiger partial charge in [-0.1, -0.05) is 32.1 Å². The molecule has 0 aromatic heterocycles. The molecule has 2 N–H and O–H groups in total. The second-order valence-electron chi connectivity index (χ2n) is 3.13. The van der Waals surface area contributed by atoms with Crippen LogP contribution in [0.25, 0.3) is 0 Å². The SMILES string of the molecule is C=CC(O)C(C)C=CC(C)CO. The molecule has 0 spiro atoms. The van der Waals surface area contributed by atoms with Gasteiger partial charge in [0.2, 0.25) is 0 Å². The zero-order chi connectivity index (χ0) is 9.56. The molecule has 0 bridgehead atoms. The zero-order valence-corrected chi connectivity index (χ0v) is 7.77. The summed E-state index contributed by atoms with van der Waals surface area (Å²) in [5.74, 6) is 0.223. The smallest absolute Gasteiger partial charge is 0.0778 e. The van der Waals surface area contributed by atoms with Crippen molar-refractivity contribution in [2.75, 3.05) is 6.61 Å². The molecule has 3 unspecified atom stereocenters. The topological polar surface area (TPSA) is 40.5 Å². The Kier molecular flexibility index (Phi) is 5.68. The van der Waals surface area contributed by atoms with E-state index in [0.717, 1.165) is 0 Å². The van der Waals surface area contributed by atoms with Crippen molar-refractivity contribution in [3.8, 4) is 0 Å². The first kappa shape index (κ1) is 11.4. The van der Waals surface area contributed by atoms with E-state index >= 15 is 0 Å². The number of aliphatic hydroxyl groups is 2. The van der Waals surface area contributed by atoms with Crippen molar-refractivity contribution in [3.63, 3.8) is 0 Å². The van der Waals surface area contributed by atoms with Crippen LogP contribution in [0.15, 0.2) is 24.8 Å². The molecule has 0 heterocycles. The van der Waals surface area contributed by atoms with Gasteiger partial charge in [0, 0.05) is 12.5 Å². The van der Waals surface area contributed by atoms with Gasteiger partial charge in [0.15, 0.2) is 0 Å². The van der Waals surface area contributed by atoms with Gasteiger partial charge in [0.25, 0.3) is 0 Å². The van der Waals surface area contributed by atoms with Gasteiger partial charge < -0.3 is 10.2 Å². The molecule has 0 aromatic rings. The van der Waals surface area contributed by atoms with E-state index in [1.807, 2.05) is 26.0 Å². The first-order valence-electron chi connectivity index (χ1n) is 4.21. The third-order valence-corrected chi connectivity index (χ3v) is 1.81. The lowest BCUT2D eigenvalue weighted by Crippen LogP contribution is -2.12. The van der Waals surface area contributed by atoms with Crippen LogP contribution in [0.4, 0.5) is 0 Å². The van der Waals surface area contributed by atoms with Crippen molar-refractivity contribution in [1.29, 1.82) is 0 Å². The van der Waals surface area contributed by atoms with Gasteiger partial charge in [-0.05, 0) is 5.92 Å². The average Bonchev–Trinajstić information content (AvgIpc) is 2.11. The van der Waals surface area contributed by atoms with Crippen LogP contribution < -0.4 is 0 Å². The van der Waals surface area contributed by atoms with Crippen molar-refractivity contribution in [2.45, 2.75) is 20.0 Å². The molecule has 2 nitrogen and oxygen atoms in total. The lowest BCUT2D eigenvalue weighted by Gasteiger charge is -2.10. The average molecular weight is 170 g/mol. The van der Waals surface area contributed by atoms with E-state index in [1.54, 1.807) is 0 Å². The minimum absolute atomic E-state index is 0.0662. The van der Waals surface area contributed by atoms with Gasteiger partial charge in [-0.3, -0.25) is 0 Å². The highest BCUT2D eigenvalue weighted by atomic mass is 16.3. The Hall–Kier alpha value is -0.600. The Morgan fingerprint density at radius 3 is 2.33 bits per heavy atom. The Morgan fingerprint density at radius 1 is 1.33 bits per heavy atom. The number of rotatable bonds is 5. The predicted molar refractivity (Wildman–Crippen MR) is 50.8 cm³/mol. The number of hydrogen-bond acceptors (Lipinski definition) is 2. The Balaban J connectivity index is 3.89. The van der Waals surface area contributed by atoms with Gasteiger partial charge in [0.05, 0.1) is 6.10 Å². The van der Waals surface area contributed by atoms with E-state index < -0.39 is 6.10 Å². The van der Waals surface area contributed by atoms with Crippen molar-refractivity contribution in [2.24, 2.45) is 11.8 Å². The van der Waals surface area contributed by atoms with E-state index in [1.165, 1.54) is 6.08 Å². The summed E-state index contributed by atoms with van der Waals surface area (Å²) in [7, 11) is 0. The van der Waals surface area contributed by atoms with Crippen LogP contribution in [0.5, 0.6) is 0 Å². The lowest BCUT2D eigenvalue weighted by molar-refractivity contribution is 0.185. The standard InChI is InChI=1S/C10H18O2/c1-4-10(12)9(3)6-5-8(2)7-11/h4-6,8-12H,1,7H2,2-3H3. The molecule has 0 aromatic carbocycles. The summed E-state index contributed by atoms with van der Waals surface area (Å²) in [6.45, 7) is 7.47. The maximum atomic E-state index is 9.28. The highest BCUT2D eigenvalue weighted by molar-refractivity contribution is 4.96. The Morgan fingerprint density at radius 2 is 1.92 bits per heavy atom. The third kappa shape index (κ3) is 4.31. The maximum absolute atomic E-state index is 9.28. The van der Waals surface area contributed by atoms with Crippen LogP contribution >= 0.6 is 0 Å². The normalized spacial score (nSPS) is 19.0. The van der Waals surface area contributed by atoms with Gasteiger partial charge in [-0.25, -0.2) is 0 Å². The summed E-state index contributed by atoms with van der Waals surface area (Å²) in [4.78, 5) is 0. The molecule has 0 saturated heterocycles. The monoisotopic (exact) mass is 170 g/mol.